The Bertz CT molecular complexity index is 237. The van der Waals surface area contributed by atoms with Gasteiger partial charge in [0.05, 0.1) is 0 Å². The van der Waals surface area contributed by atoms with E-state index in [9.17, 15) is 0 Å². The Morgan fingerprint density at radius 3 is 2.69 bits per heavy atom. The van der Waals surface area contributed by atoms with Crippen molar-refractivity contribution in [1.82, 2.24) is 0 Å². The lowest BCUT2D eigenvalue weighted by Crippen LogP contribution is -2.11. The average Bonchev–Trinajstić information content (AvgIpc) is 2.47. The molecule has 0 saturated carbocycles. The van der Waals surface area contributed by atoms with Crippen LogP contribution in [0.15, 0.2) is 11.4 Å². The SMILES string of the molecule is Cc1ccsc1[C@H](N)CCCN.Cl. The Hall–Kier alpha value is -0.0900. The lowest BCUT2D eigenvalue weighted by molar-refractivity contribution is 0.624. The van der Waals surface area contributed by atoms with E-state index >= 15 is 0 Å². The van der Waals surface area contributed by atoms with Gasteiger partial charge in [0.1, 0.15) is 0 Å². The molecular formula is C9H17ClN2S. The highest BCUT2D eigenvalue weighted by molar-refractivity contribution is 7.10. The minimum absolute atomic E-state index is 0. The molecule has 0 radical (unpaired) electrons. The van der Waals surface area contributed by atoms with Crippen LogP contribution in [0, 0.1) is 6.92 Å². The highest BCUT2D eigenvalue weighted by Gasteiger charge is 2.08. The van der Waals surface area contributed by atoms with E-state index in [1.54, 1.807) is 11.3 Å². The third-order valence-electron chi connectivity index (χ3n) is 1.96. The van der Waals surface area contributed by atoms with E-state index in [0.29, 0.717) is 0 Å². The van der Waals surface area contributed by atoms with Gasteiger partial charge in [0.15, 0.2) is 0 Å². The minimum Gasteiger partial charge on any atom is -0.330 e. The van der Waals surface area contributed by atoms with Crippen LogP contribution in [0.1, 0.15) is 29.3 Å². The monoisotopic (exact) mass is 220 g/mol. The third kappa shape index (κ3) is 3.65. The molecular weight excluding hydrogens is 204 g/mol. The molecule has 1 atom stereocenters. The van der Waals surface area contributed by atoms with Crippen LogP contribution in [0.3, 0.4) is 0 Å². The van der Waals surface area contributed by atoms with Crippen molar-refractivity contribution in [2.75, 3.05) is 6.54 Å². The number of nitrogens with two attached hydrogens (primary N) is 2. The van der Waals surface area contributed by atoms with Crippen LogP contribution in [0.4, 0.5) is 0 Å². The molecule has 4 heteroatoms. The lowest BCUT2D eigenvalue weighted by Gasteiger charge is -2.09. The van der Waals surface area contributed by atoms with E-state index in [-0.39, 0.29) is 18.4 Å². The van der Waals surface area contributed by atoms with Gasteiger partial charge < -0.3 is 11.5 Å². The molecule has 0 saturated heterocycles. The van der Waals surface area contributed by atoms with Gasteiger partial charge in [0.2, 0.25) is 0 Å². The summed E-state index contributed by atoms with van der Waals surface area (Å²) < 4.78 is 0. The first kappa shape index (κ1) is 12.9. The molecule has 0 aromatic carbocycles. The fourth-order valence-corrected chi connectivity index (χ4v) is 2.20. The maximum atomic E-state index is 5.98. The fraction of sp³-hybridized carbons (Fsp3) is 0.556. The van der Waals surface area contributed by atoms with Crippen LogP contribution in [0.5, 0.6) is 0 Å². The molecule has 1 aromatic heterocycles. The van der Waals surface area contributed by atoms with E-state index in [4.69, 9.17) is 11.5 Å². The molecule has 1 heterocycles. The second-order valence-corrected chi connectivity index (χ2v) is 3.95. The van der Waals surface area contributed by atoms with E-state index in [2.05, 4.69) is 18.4 Å². The predicted molar refractivity (Wildman–Crippen MR) is 61.5 cm³/mol. The molecule has 4 N–H and O–H groups in total. The van der Waals surface area contributed by atoms with Crippen molar-refractivity contribution in [1.29, 1.82) is 0 Å². The first-order chi connectivity index (χ1) is 5.75. The summed E-state index contributed by atoms with van der Waals surface area (Å²) >= 11 is 1.74. The summed E-state index contributed by atoms with van der Waals surface area (Å²) in [5.74, 6) is 0. The van der Waals surface area contributed by atoms with Crippen molar-refractivity contribution in [2.24, 2.45) is 11.5 Å². The van der Waals surface area contributed by atoms with E-state index < -0.39 is 0 Å². The number of hydrogen-bond donors (Lipinski definition) is 2. The molecule has 0 aliphatic heterocycles. The van der Waals surface area contributed by atoms with Gasteiger partial charge in [-0.2, -0.15) is 0 Å². The van der Waals surface area contributed by atoms with Crippen molar-refractivity contribution in [2.45, 2.75) is 25.8 Å². The standard InChI is InChI=1S/C9H16N2S.ClH/c1-7-4-6-12-9(7)8(11)3-2-5-10;/h4,6,8H,2-3,5,10-11H2,1H3;1H/t8-;/m1./s1. The van der Waals surface area contributed by atoms with Gasteiger partial charge >= 0.3 is 0 Å². The highest BCUT2D eigenvalue weighted by Crippen LogP contribution is 2.24. The molecule has 76 valence electrons. The molecule has 0 fully saturated rings. The van der Waals surface area contributed by atoms with E-state index in [1.165, 1.54) is 10.4 Å². The molecule has 0 unspecified atom stereocenters. The number of aryl methyl sites for hydroxylation is 1. The summed E-state index contributed by atoms with van der Waals surface area (Å²) in [5.41, 5.74) is 12.7. The Kier molecular flexibility index (Phi) is 6.33. The first-order valence-corrected chi connectivity index (χ1v) is 5.13. The number of thiophene rings is 1. The van der Waals surface area contributed by atoms with Crippen LogP contribution < -0.4 is 11.5 Å². The maximum absolute atomic E-state index is 5.98. The van der Waals surface area contributed by atoms with Crippen LogP contribution >= 0.6 is 23.7 Å². The number of halogens is 1. The predicted octanol–water partition coefficient (Wildman–Crippen LogP) is 2.22. The van der Waals surface area contributed by atoms with Crippen molar-refractivity contribution >= 4 is 23.7 Å². The second-order valence-electron chi connectivity index (χ2n) is 3.01. The van der Waals surface area contributed by atoms with E-state index in [1.807, 2.05) is 0 Å². The van der Waals surface area contributed by atoms with Gasteiger partial charge in [-0.05, 0) is 43.3 Å². The second kappa shape index (κ2) is 6.38. The van der Waals surface area contributed by atoms with Gasteiger partial charge in [0, 0.05) is 10.9 Å². The molecule has 2 nitrogen and oxygen atoms in total. The summed E-state index contributed by atoms with van der Waals surface area (Å²) in [5, 5.41) is 2.09. The molecule has 0 bridgehead atoms. The van der Waals surface area contributed by atoms with Crippen molar-refractivity contribution in [3.05, 3.63) is 21.9 Å². The zero-order valence-electron chi connectivity index (χ0n) is 7.82. The summed E-state index contributed by atoms with van der Waals surface area (Å²) in [7, 11) is 0. The van der Waals surface area contributed by atoms with E-state index in [0.717, 1.165) is 19.4 Å². The minimum atomic E-state index is 0. The van der Waals surface area contributed by atoms with Crippen LogP contribution in [0.25, 0.3) is 0 Å². The van der Waals surface area contributed by atoms with Crippen LogP contribution in [-0.2, 0) is 0 Å². The van der Waals surface area contributed by atoms with Crippen molar-refractivity contribution in [3.8, 4) is 0 Å². The largest absolute Gasteiger partial charge is 0.330 e. The maximum Gasteiger partial charge on any atom is 0.0392 e. The van der Waals surface area contributed by atoms with Crippen molar-refractivity contribution in [3.63, 3.8) is 0 Å². The number of hydrogen-bond acceptors (Lipinski definition) is 3. The lowest BCUT2D eigenvalue weighted by atomic mass is 10.1. The molecule has 0 aliphatic carbocycles. The molecule has 13 heavy (non-hydrogen) atoms. The van der Waals surface area contributed by atoms with Gasteiger partial charge in [0.25, 0.3) is 0 Å². The zero-order chi connectivity index (χ0) is 8.97. The van der Waals surface area contributed by atoms with Gasteiger partial charge in [-0.3, -0.25) is 0 Å². The molecule has 1 aromatic rings. The average molecular weight is 221 g/mol. The smallest absolute Gasteiger partial charge is 0.0392 e. The van der Waals surface area contributed by atoms with Gasteiger partial charge in [-0.15, -0.1) is 23.7 Å². The molecule has 0 aliphatic rings. The Morgan fingerprint density at radius 2 is 2.23 bits per heavy atom. The first-order valence-electron chi connectivity index (χ1n) is 4.25. The summed E-state index contributed by atoms with van der Waals surface area (Å²) in [6.07, 6.45) is 2.01. The zero-order valence-corrected chi connectivity index (χ0v) is 9.46. The molecule has 0 amide bonds. The topological polar surface area (TPSA) is 52.0 Å². The Labute approximate surface area is 89.7 Å². The third-order valence-corrected chi connectivity index (χ3v) is 3.11. The van der Waals surface area contributed by atoms with Crippen LogP contribution in [0.2, 0.25) is 0 Å². The number of rotatable bonds is 4. The molecule has 1 rings (SSSR count). The van der Waals surface area contributed by atoms with Crippen molar-refractivity contribution < 1.29 is 0 Å². The summed E-state index contributed by atoms with van der Waals surface area (Å²) in [6.45, 7) is 2.84. The van der Waals surface area contributed by atoms with Crippen LogP contribution in [-0.4, -0.2) is 6.54 Å². The normalized spacial score (nSPS) is 12.2. The Morgan fingerprint density at radius 1 is 1.54 bits per heavy atom. The Balaban J connectivity index is 0.00000144. The van der Waals surface area contributed by atoms with Gasteiger partial charge in [-0.1, -0.05) is 0 Å². The van der Waals surface area contributed by atoms with Gasteiger partial charge in [-0.25, -0.2) is 0 Å². The fourth-order valence-electron chi connectivity index (χ4n) is 1.23. The summed E-state index contributed by atoms with van der Waals surface area (Å²) in [4.78, 5) is 1.31. The summed E-state index contributed by atoms with van der Waals surface area (Å²) in [6, 6.07) is 2.30. The quantitative estimate of drug-likeness (QED) is 0.818. The highest BCUT2D eigenvalue weighted by atomic mass is 35.5. The molecule has 0 spiro atoms.